The van der Waals surface area contributed by atoms with Gasteiger partial charge in [-0.15, -0.1) is 0 Å². The molecule has 142 valence electrons. The maximum absolute atomic E-state index is 9.14. The molecule has 1 saturated carbocycles. The van der Waals surface area contributed by atoms with E-state index in [-0.39, 0.29) is 5.96 Å². The molecule has 7 nitrogen and oxygen atoms in total. The van der Waals surface area contributed by atoms with Crippen molar-refractivity contribution >= 4 is 17.6 Å². The maximum atomic E-state index is 9.14. The summed E-state index contributed by atoms with van der Waals surface area (Å²) >= 11 is 0. The molecule has 1 aliphatic heterocycles. The van der Waals surface area contributed by atoms with Gasteiger partial charge in [0, 0.05) is 0 Å². The monoisotopic (exact) mass is 374 g/mol. The Bertz CT molecular complexity index is 984. The molecule has 0 atom stereocenters. The number of nitriles is 1. The lowest BCUT2D eigenvalue weighted by Crippen LogP contribution is -2.58. The van der Waals surface area contributed by atoms with Crippen molar-refractivity contribution in [2.45, 2.75) is 37.8 Å². The van der Waals surface area contributed by atoms with Crippen LogP contribution in [0.3, 0.4) is 0 Å². The van der Waals surface area contributed by atoms with Crippen LogP contribution in [-0.4, -0.2) is 17.6 Å². The molecule has 0 unspecified atom stereocenters. The Balaban J connectivity index is 1.76. The highest BCUT2D eigenvalue weighted by molar-refractivity contribution is 6.06. The molecule has 0 bridgehead atoms. The number of benzene rings is 2. The summed E-state index contributed by atoms with van der Waals surface area (Å²) in [4.78, 5) is 10.9. The van der Waals surface area contributed by atoms with Crippen molar-refractivity contribution in [3.05, 3.63) is 54.1 Å². The molecule has 1 heterocycles. The molecule has 1 aliphatic carbocycles. The summed E-state index contributed by atoms with van der Waals surface area (Å²) in [6, 6.07) is 16.8. The molecule has 4 rings (SSSR count). The number of hydrogen-bond donors (Lipinski definition) is 2. The Labute approximate surface area is 163 Å². The van der Waals surface area contributed by atoms with Crippen LogP contribution in [0.5, 0.6) is 11.5 Å². The van der Waals surface area contributed by atoms with Gasteiger partial charge >= 0.3 is 0 Å². The fourth-order valence-corrected chi connectivity index (χ4v) is 3.95. The van der Waals surface area contributed by atoms with Crippen LogP contribution in [-0.2, 0) is 0 Å². The zero-order valence-electron chi connectivity index (χ0n) is 15.5. The fraction of sp³-hybridized carbons (Fsp3) is 0.286. The molecule has 1 spiro atoms. The second-order valence-corrected chi connectivity index (χ2v) is 7.03. The van der Waals surface area contributed by atoms with Crippen molar-refractivity contribution in [1.82, 2.24) is 0 Å². The summed E-state index contributed by atoms with van der Waals surface area (Å²) < 4.78 is 6.13. The number of ether oxygens (including phenoxy) is 1. The van der Waals surface area contributed by atoms with Crippen LogP contribution >= 0.6 is 0 Å². The summed E-state index contributed by atoms with van der Waals surface area (Å²) in [5.41, 5.74) is 13.1. The van der Waals surface area contributed by atoms with Gasteiger partial charge in [-0.3, -0.25) is 4.90 Å². The van der Waals surface area contributed by atoms with E-state index in [1.54, 1.807) is 18.2 Å². The first kappa shape index (κ1) is 17.9. The first-order valence-corrected chi connectivity index (χ1v) is 9.38. The van der Waals surface area contributed by atoms with Crippen LogP contribution in [0.4, 0.5) is 5.69 Å². The average Bonchev–Trinajstić information content (AvgIpc) is 2.69. The molecular formula is C21H22N6O. The number of para-hydroxylation sites is 2. The summed E-state index contributed by atoms with van der Waals surface area (Å²) in [6.45, 7) is 0. The van der Waals surface area contributed by atoms with Gasteiger partial charge in [0.25, 0.3) is 0 Å². The third-order valence-corrected chi connectivity index (χ3v) is 5.15. The van der Waals surface area contributed by atoms with Gasteiger partial charge in [-0.25, -0.2) is 4.99 Å². The van der Waals surface area contributed by atoms with Crippen molar-refractivity contribution in [3.8, 4) is 17.6 Å². The lowest BCUT2D eigenvalue weighted by Gasteiger charge is -2.45. The van der Waals surface area contributed by atoms with Crippen molar-refractivity contribution < 1.29 is 4.74 Å². The largest absolute Gasteiger partial charge is 0.455 e. The van der Waals surface area contributed by atoms with Crippen molar-refractivity contribution in [1.29, 1.82) is 5.26 Å². The molecular weight excluding hydrogens is 352 g/mol. The van der Waals surface area contributed by atoms with Gasteiger partial charge in [0.05, 0.1) is 17.3 Å². The second-order valence-electron chi connectivity index (χ2n) is 7.03. The van der Waals surface area contributed by atoms with Gasteiger partial charge in [0.15, 0.2) is 5.75 Å². The minimum Gasteiger partial charge on any atom is -0.455 e. The van der Waals surface area contributed by atoms with E-state index < -0.39 is 5.66 Å². The Hall–Kier alpha value is -3.53. The number of hydrogen-bond acceptors (Lipinski definition) is 7. The number of aliphatic imine (C=N–C) groups is 2. The van der Waals surface area contributed by atoms with Gasteiger partial charge < -0.3 is 16.2 Å². The predicted octanol–water partition coefficient (Wildman–Crippen LogP) is 3.46. The van der Waals surface area contributed by atoms with Crippen LogP contribution in [0.1, 0.15) is 37.7 Å². The molecule has 0 radical (unpaired) electrons. The number of nitrogens with two attached hydrogens (primary N) is 2. The van der Waals surface area contributed by atoms with Crippen LogP contribution in [0.15, 0.2) is 58.5 Å². The van der Waals surface area contributed by atoms with E-state index in [9.17, 15) is 0 Å². The van der Waals surface area contributed by atoms with Crippen LogP contribution < -0.4 is 21.1 Å². The number of guanidine groups is 2. The molecule has 2 aromatic rings. The Kier molecular flexibility index (Phi) is 4.62. The summed E-state index contributed by atoms with van der Waals surface area (Å²) in [5.74, 6) is 1.74. The average molecular weight is 374 g/mol. The maximum Gasteiger partial charge on any atom is 0.220 e. The molecule has 2 aliphatic rings. The highest BCUT2D eigenvalue weighted by atomic mass is 16.5. The van der Waals surface area contributed by atoms with E-state index in [1.807, 2.05) is 35.2 Å². The normalized spacial score (nSPS) is 18.2. The van der Waals surface area contributed by atoms with Gasteiger partial charge in [0.2, 0.25) is 11.9 Å². The minimum atomic E-state index is -0.540. The van der Waals surface area contributed by atoms with Gasteiger partial charge in [0.1, 0.15) is 11.4 Å². The van der Waals surface area contributed by atoms with Crippen molar-refractivity contribution in [3.63, 3.8) is 0 Å². The molecule has 2 aromatic carbocycles. The minimum absolute atomic E-state index is 0.218. The van der Waals surface area contributed by atoms with E-state index in [0.29, 0.717) is 23.0 Å². The zero-order chi connectivity index (χ0) is 19.6. The Morgan fingerprint density at radius 3 is 2.61 bits per heavy atom. The molecule has 28 heavy (non-hydrogen) atoms. The molecule has 1 fully saturated rings. The van der Waals surface area contributed by atoms with Crippen LogP contribution in [0.2, 0.25) is 0 Å². The number of anilines is 1. The van der Waals surface area contributed by atoms with E-state index in [4.69, 9.17) is 26.5 Å². The Morgan fingerprint density at radius 1 is 1.04 bits per heavy atom. The number of rotatable bonds is 3. The molecule has 4 N–H and O–H groups in total. The highest BCUT2D eigenvalue weighted by Gasteiger charge is 2.43. The fourth-order valence-electron chi connectivity index (χ4n) is 3.95. The smallest absolute Gasteiger partial charge is 0.220 e. The predicted molar refractivity (Wildman–Crippen MR) is 109 cm³/mol. The zero-order valence-corrected chi connectivity index (χ0v) is 15.5. The first-order valence-electron chi connectivity index (χ1n) is 9.38. The van der Waals surface area contributed by atoms with Crippen molar-refractivity contribution in [2.75, 3.05) is 4.90 Å². The molecule has 0 amide bonds. The molecule has 0 aromatic heterocycles. The molecule has 0 saturated heterocycles. The molecule has 7 heteroatoms. The van der Waals surface area contributed by atoms with Gasteiger partial charge in [-0.05, 0) is 56.0 Å². The topological polar surface area (TPSA) is 113 Å². The van der Waals surface area contributed by atoms with Crippen molar-refractivity contribution in [2.24, 2.45) is 21.5 Å². The lowest BCUT2D eigenvalue weighted by atomic mass is 9.87. The van der Waals surface area contributed by atoms with E-state index in [2.05, 4.69) is 11.1 Å². The van der Waals surface area contributed by atoms with E-state index in [1.165, 1.54) is 6.42 Å². The number of nitrogens with zero attached hydrogens (tertiary/aromatic N) is 4. The first-order chi connectivity index (χ1) is 13.6. The van der Waals surface area contributed by atoms with E-state index >= 15 is 0 Å². The summed E-state index contributed by atoms with van der Waals surface area (Å²) in [5, 5.41) is 9.14. The lowest BCUT2D eigenvalue weighted by molar-refractivity contribution is 0.304. The van der Waals surface area contributed by atoms with Crippen LogP contribution in [0.25, 0.3) is 0 Å². The Morgan fingerprint density at radius 2 is 1.82 bits per heavy atom. The third kappa shape index (κ3) is 3.25. The summed E-state index contributed by atoms with van der Waals surface area (Å²) in [7, 11) is 0. The van der Waals surface area contributed by atoms with Gasteiger partial charge in [-0.2, -0.15) is 10.3 Å². The van der Waals surface area contributed by atoms with Crippen LogP contribution in [0, 0.1) is 11.3 Å². The second kappa shape index (κ2) is 7.24. The highest BCUT2D eigenvalue weighted by Crippen LogP contribution is 2.43. The van der Waals surface area contributed by atoms with E-state index in [0.717, 1.165) is 31.4 Å². The standard InChI is InChI=1S/C21H22N6O/c22-14-15-7-6-8-16(13-15)28-18-10-3-2-9-17(18)27-20(24)25-19(23)26-21(27)11-4-1-5-12-21/h2-3,6-10,13H,1,4-5,11-12H2,(H4,23,24,25,26). The van der Waals surface area contributed by atoms with Gasteiger partial charge in [-0.1, -0.05) is 24.6 Å². The quantitative estimate of drug-likeness (QED) is 0.854. The SMILES string of the molecule is N#Cc1cccc(Oc2ccccc2N2C(N)=NC(N)=NC23CCCCC3)c1. The summed E-state index contributed by atoms with van der Waals surface area (Å²) in [6.07, 6.45) is 4.97. The third-order valence-electron chi connectivity index (χ3n) is 5.15.